The maximum atomic E-state index is 5.91. The molecule has 108 valence electrons. The molecule has 0 saturated carbocycles. The Labute approximate surface area is 117 Å². The van der Waals surface area contributed by atoms with Gasteiger partial charge in [0.2, 0.25) is 5.88 Å². The van der Waals surface area contributed by atoms with Gasteiger partial charge in [-0.3, -0.25) is 0 Å². The Morgan fingerprint density at radius 3 is 2.63 bits per heavy atom. The number of ether oxygens (including phenoxy) is 1. The molecule has 2 N–H and O–H groups in total. The largest absolute Gasteiger partial charge is 0.475 e. The molecule has 0 bridgehead atoms. The van der Waals surface area contributed by atoms with Gasteiger partial charge in [0.25, 0.3) is 0 Å². The van der Waals surface area contributed by atoms with Crippen LogP contribution in [0.4, 0.5) is 0 Å². The van der Waals surface area contributed by atoms with Crippen molar-refractivity contribution in [2.75, 3.05) is 0 Å². The van der Waals surface area contributed by atoms with E-state index >= 15 is 0 Å². The molecule has 1 aromatic heterocycles. The predicted molar refractivity (Wildman–Crippen MR) is 80.4 cm³/mol. The lowest BCUT2D eigenvalue weighted by Crippen LogP contribution is -2.13. The Balaban J connectivity index is 2.50. The van der Waals surface area contributed by atoms with Crippen molar-refractivity contribution in [1.82, 2.24) is 4.98 Å². The third-order valence-corrected chi connectivity index (χ3v) is 3.30. The zero-order chi connectivity index (χ0) is 14.1. The molecule has 3 heteroatoms. The first kappa shape index (κ1) is 16.0. The molecule has 0 amide bonds. The van der Waals surface area contributed by atoms with Gasteiger partial charge in [-0.2, -0.15) is 0 Å². The molecule has 1 aromatic rings. The van der Waals surface area contributed by atoms with Gasteiger partial charge in [-0.25, -0.2) is 4.98 Å². The van der Waals surface area contributed by atoms with E-state index in [1.165, 1.54) is 25.7 Å². The van der Waals surface area contributed by atoms with Crippen molar-refractivity contribution in [2.24, 2.45) is 5.73 Å². The minimum absolute atomic E-state index is 0.224. The number of aryl methyl sites for hydroxylation is 1. The third-order valence-electron chi connectivity index (χ3n) is 3.30. The summed E-state index contributed by atoms with van der Waals surface area (Å²) in [5.74, 6) is 0.725. The minimum Gasteiger partial charge on any atom is -0.475 e. The highest BCUT2D eigenvalue weighted by molar-refractivity contribution is 5.25. The topological polar surface area (TPSA) is 48.1 Å². The molecule has 0 saturated heterocycles. The van der Waals surface area contributed by atoms with Gasteiger partial charge in [-0.05, 0) is 37.8 Å². The Bertz CT molecular complexity index is 344. The Morgan fingerprint density at radius 1 is 1.21 bits per heavy atom. The fraction of sp³-hybridized carbons (Fsp3) is 0.688. The van der Waals surface area contributed by atoms with E-state index in [0.717, 1.165) is 30.0 Å². The summed E-state index contributed by atoms with van der Waals surface area (Å²) >= 11 is 0. The number of aromatic nitrogens is 1. The summed E-state index contributed by atoms with van der Waals surface area (Å²) in [6.45, 7) is 6.99. The van der Waals surface area contributed by atoms with Crippen LogP contribution in [-0.4, -0.2) is 11.1 Å². The van der Waals surface area contributed by atoms with Gasteiger partial charge in [0, 0.05) is 18.3 Å². The summed E-state index contributed by atoms with van der Waals surface area (Å²) in [6.07, 6.45) is 7.34. The fourth-order valence-corrected chi connectivity index (χ4v) is 2.10. The van der Waals surface area contributed by atoms with Crippen LogP contribution in [-0.2, 0) is 13.0 Å². The van der Waals surface area contributed by atoms with Crippen molar-refractivity contribution in [2.45, 2.75) is 71.9 Å². The Hall–Kier alpha value is -1.09. The second-order valence-corrected chi connectivity index (χ2v) is 5.14. The van der Waals surface area contributed by atoms with E-state index in [9.17, 15) is 0 Å². The highest BCUT2D eigenvalue weighted by Gasteiger charge is 2.07. The van der Waals surface area contributed by atoms with Crippen molar-refractivity contribution in [3.05, 3.63) is 23.4 Å². The zero-order valence-corrected chi connectivity index (χ0v) is 12.6. The summed E-state index contributed by atoms with van der Waals surface area (Å²) in [5, 5.41) is 0. The number of unbranched alkanes of at least 4 members (excludes halogenated alkanes) is 3. The van der Waals surface area contributed by atoms with Crippen LogP contribution in [0.25, 0.3) is 0 Å². The third kappa shape index (κ3) is 6.06. The minimum atomic E-state index is 0.224. The number of nitrogens with two attached hydrogens (primary N) is 1. The summed E-state index contributed by atoms with van der Waals surface area (Å²) in [7, 11) is 0. The van der Waals surface area contributed by atoms with Crippen LogP contribution in [0.3, 0.4) is 0 Å². The van der Waals surface area contributed by atoms with Crippen LogP contribution in [0.5, 0.6) is 5.88 Å². The van der Waals surface area contributed by atoms with Gasteiger partial charge in [-0.1, -0.05) is 33.1 Å². The maximum absolute atomic E-state index is 5.91. The molecule has 1 rings (SSSR count). The van der Waals surface area contributed by atoms with Gasteiger partial charge < -0.3 is 10.5 Å². The summed E-state index contributed by atoms with van der Waals surface area (Å²) < 4.78 is 5.91. The van der Waals surface area contributed by atoms with E-state index in [4.69, 9.17) is 10.5 Å². The van der Waals surface area contributed by atoms with Crippen molar-refractivity contribution < 1.29 is 4.74 Å². The maximum Gasteiger partial charge on any atom is 0.214 e. The molecule has 0 aliphatic rings. The lowest BCUT2D eigenvalue weighted by molar-refractivity contribution is 0.197. The van der Waals surface area contributed by atoms with E-state index in [-0.39, 0.29) is 6.10 Å². The van der Waals surface area contributed by atoms with E-state index < -0.39 is 0 Å². The van der Waals surface area contributed by atoms with Crippen molar-refractivity contribution in [3.63, 3.8) is 0 Å². The number of nitrogens with zero attached hydrogens (tertiary/aromatic N) is 1. The van der Waals surface area contributed by atoms with Crippen LogP contribution in [0.15, 0.2) is 12.1 Å². The molecule has 0 aromatic carbocycles. The summed E-state index contributed by atoms with van der Waals surface area (Å²) in [5.41, 5.74) is 7.85. The molecule has 3 nitrogen and oxygen atoms in total. The van der Waals surface area contributed by atoms with Crippen molar-refractivity contribution >= 4 is 0 Å². The molecular weight excluding hydrogens is 236 g/mol. The Morgan fingerprint density at radius 2 is 2.00 bits per heavy atom. The average Bonchev–Trinajstić information content (AvgIpc) is 2.43. The lowest BCUT2D eigenvalue weighted by atomic mass is 10.1. The molecule has 0 spiro atoms. The van der Waals surface area contributed by atoms with Gasteiger partial charge >= 0.3 is 0 Å². The van der Waals surface area contributed by atoms with Crippen molar-refractivity contribution in [3.8, 4) is 5.88 Å². The van der Waals surface area contributed by atoms with E-state index in [0.29, 0.717) is 6.54 Å². The first-order valence-electron chi connectivity index (χ1n) is 7.56. The van der Waals surface area contributed by atoms with E-state index in [2.05, 4.69) is 31.8 Å². The van der Waals surface area contributed by atoms with Gasteiger partial charge in [0.15, 0.2) is 0 Å². The van der Waals surface area contributed by atoms with Crippen LogP contribution < -0.4 is 10.5 Å². The van der Waals surface area contributed by atoms with Crippen LogP contribution in [0.1, 0.15) is 64.1 Å². The molecule has 19 heavy (non-hydrogen) atoms. The number of pyridine rings is 1. The molecular formula is C16H28N2O. The molecule has 0 aliphatic heterocycles. The normalized spacial score (nSPS) is 12.4. The molecule has 0 fully saturated rings. The molecule has 0 radical (unpaired) electrons. The Kier molecular flexibility index (Phi) is 7.49. The predicted octanol–water partition coefficient (Wildman–Crippen LogP) is 3.84. The quantitative estimate of drug-likeness (QED) is 0.689. The lowest BCUT2D eigenvalue weighted by Gasteiger charge is -2.15. The smallest absolute Gasteiger partial charge is 0.214 e. The second-order valence-electron chi connectivity index (χ2n) is 5.14. The highest BCUT2D eigenvalue weighted by Crippen LogP contribution is 2.16. The van der Waals surface area contributed by atoms with E-state index in [1.54, 1.807) is 0 Å². The van der Waals surface area contributed by atoms with Crippen LogP contribution in [0.2, 0.25) is 0 Å². The summed E-state index contributed by atoms with van der Waals surface area (Å²) in [4.78, 5) is 4.51. The molecule has 0 aliphatic carbocycles. The van der Waals surface area contributed by atoms with Crippen LogP contribution >= 0.6 is 0 Å². The monoisotopic (exact) mass is 264 g/mol. The van der Waals surface area contributed by atoms with Crippen molar-refractivity contribution in [1.29, 1.82) is 0 Å². The first-order chi connectivity index (χ1) is 9.19. The standard InChI is InChI=1S/C16H28N2O/c1-4-6-7-8-9-13(3)19-16-11-14(12-17)10-15(5-2)18-16/h10-11,13H,4-9,12,17H2,1-3H3. The van der Waals surface area contributed by atoms with Gasteiger partial charge in [0.1, 0.15) is 0 Å². The molecule has 1 heterocycles. The summed E-state index contributed by atoms with van der Waals surface area (Å²) in [6, 6.07) is 4.01. The number of hydrogen-bond donors (Lipinski definition) is 1. The SMILES string of the molecule is CCCCCCC(C)Oc1cc(CN)cc(CC)n1. The zero-order valence-electron chi connectivity index (χ0n) is 12.6. The number of hydrogen-bond acceptors (Lipinski definition) is 3. The second kappa shape index (κ2) is 8.92. The molecule has 1 unspecified atom stereocenters. The first-order valence-corrected chi connectivity index (χ1v) is 7.56. The molecule has 1 atom stereocenters. The number of rotatable bonds is 9. The highest BCUT2D eigenvalue weighted by atomic mass is 16.5. The van der Waals surface area contributed by atoms with Crippen LogP contribution in [0, 0.1) is 0 Å². The fourth-order valence-electron chi connectivity index (χ4n) is 2.10. The average molecular weight is 264 g/mol. The van der Waals surface area contributed by atoms with E-state index in [1.807, 2.05) is 6.07 Å². The van der Waals surface area contributed by atoms with Gasteiger partial charge in [0.05, 0.1) is 6.10 Å². The van der Waals surface area contributed by atoms with Gasteiger partial charge in [-0.15, -0.1) is 0 Å².